The van der Waals surface area contributed by atoms with Crippen LogP contribution in [0.15, 0.2) is 24.3 Å². The first-order valence-electron chi connectivity index (χ1n) is 16.0. The summed E-state index contributed by atoms with van der Waals surface area (Å²) in [6, 6.07) is 6.75. The molecule has 0 spiro atoms. The van der Waals surface area contributed by atoms with Crippen molar-refractivity contribution >= 4 is 17.4 Å². The van der Waals surface area contributed by atoms with Crippen molar-refractivity contribution in [2.75, 3.05) is 24.6 Å². The molecule has 3 aliphatic rings. The van der Waals surface area contributed by atoms with Crippen LogP contribution >= 0.6 is 0 Å². The molecule has 0 saturated carbocycles. The molecule has 1 fully saturated rings. The number of fused-ring (bicyclic) bond motifs is 10. The standard InChI is InChI=1S/C34H47FN4O5/c1-22-10-7-8-19-42-34(6)15-17-38(18-16-34)31-29(30(32(40)41)44-33(3,4)5)23(2)36-28-21-26(37-39(28)31)12-9-11-24-13-14-25(35)20-27(24)43-22/h13-14,20-22,30H,7-12,15-19H2,1-6H3,(H,40,41)/t22-,30-/m0/s1. The van der Waals surface area contributed by atoms with Crippen LogP contribution in [0, 0.1) is 12.7 Å². The van der Waals surface area contributed by atoms with Crippen molar-refractivity contribution in [3.8, 4) is 5.75 Å². The number of benzene rings is 1. The average Bonchev–Trinajstić information content (AvgIpc) is 3.34. The van der Waals surface area contributed by atoms with Gasteiger partial charge < -0.3 is 24.2 Å². The first-order valence-corrected chi connectivity index (χ1v) is 16.0. The van der Waals surface area contributed by atoms with Gasteiger partial charge in [-0.2, -0.15) is 9.61 Å². The molecule has 2 aromatic heterocycles. The summed E-state index contributed by atoms with van der Waals surface area (Å²) >= 11 is 0. The van der Waals surface area contributed by atoms with Crippen molar-refractivity contribution in [2.45, 2.75) is 116 Å². The molecule has 1 N–H and O–H groups in total. The molecule has 0 aliphatic carbocycles. The zero-order valence-electron chi connectivity index (χ0n) is 27.0. The van der Waals surface area contributed by atoms with Gasteiger partial charge in [0.05, 0.1) is 28.6 Å². The number of aromatic nitrogens is 3. The summed E-state index contributed by atoms with van der Waals surface area (Å²) in [4.78, 5) is 19.7. The van der Waals surface area contributed by atoms with E-state index in [0.717, 1.165) is 55.6 Å². The van der Waals surface area contributed by atoms with Crippen LogP contribution < -0.4 is 9.64 Å². The number of carboxylic acid groups (broad SMARTS) is 1. The Balaban J connectivity index is 1.55. The van der Waals surface area contributed by atoms with Crippen molar-refractivity contribution in [1.82, 2.24) is 14.6 Å². The Bertz CT molecular complexity index is 1470. The number of nitrogens with zero attached hydrogens (tertiary/aromatic N) is 4. The highest BCUT2D eigenvalue weighted by molar-refractivity contribution is 5.78. The number of anilines is 1. The van der Waals surface area contributed by atoms with Crippen LogP contribution in [0.2, 0.25) is 0 Å². The van der Waals surface area contributed by atoms with E-state index in [1.54, 1.807) is 4.52 Å². The maximum Gasteiger partial charge on any atom is 0.337 e. The first kappa shape index (κ1) is 32.2. The molecule has 1 saturated heterocycles. The molecule has 0 unspecified atom stereocenters. The Morgan fingerprint density at radius 3 is 2.61 bits per heavy atom. The molecule has 2 atom stereocenters. The Labute approximate surface area is 259 Å². The molecule has 3 aliphatic heterocycles. The smallest absolute Gasteiger partial charge is 0.337 e. The summed E-state index contributed by atoms with van der Waals surface area (Å²) in [5.74, 6) is -0.0537. The van der Waals surface area contributed by atoms with Crippen LogP contribution in [0.4, 0.5) is 10.2 Å². The van der Waals surface area contributed by atoms with Gasteiger partial charge in [0.25, 0.3) is 0 Å². The second-order valence-corrected chi connectivity index (χ2v) is 13.6. The molecule has 44 heavy (non-hydrogen) atoms. The number of carbonyl (C=O) groups is 1. The molecular formula is C34H47FN4O5. The highest BCUT2D eigenvalue weighted by Crippen LogP contribution is 2.38. The molecule has 240 valence electrons. The molecule has 6 rings (SSSR count). The van der Waals surface area contributed by atoms with Crippen molar-refractivity contribution in [3.05, 3.63) is 52.6 Å². The van der Waals surface area contributed by atoms with Crippen LogP contribution in [-0.2, 0) is 27.1 Å². The lowest BCUT2D eigenvalue weighted by Crippen LogP contribution is -2.46. The van der Waals surface area contributed by atoms with Crippen LogP contribution in [-0.4, -0.2) is 62.7 Å². The summed E-state index contributed by atoms with van der Waals surface area (Å²) < 4.78 is 34.8. The Morgan fingerprint density at radius 2 is 1.91 bits per heavy atom. The molecule has 9 nitrogen and oxygen atoms in total. The number of aryl methyl sites for hydroxylation is 3. The summed E-state index contributed by atoms with van der Waals surface area (Å²) in [7, 11) is 0. The summed E-state index contributed by atoms with van der Waals surface area (Å²) in [5, 5.41) is 15.3. The van der Waals surface area contributed by atoms with Crippen LogP contribution in [0.1, 0.15) is 102 Å². The minimum atomic E-state index is -1.20. The van der Waals surface area contributed by atoms with E-state index in [9.17, 15) is 14.3 Å². The van der Waals surface area contributed by atoms with Crippen molar-refractivity contribution in [2.24, 2.45) is 0 Å². The van der Waals surface area contributed by atoms with Crippen molar-refractivity contribution in [1.29, 1.82) is 0 Å². The number of piperidine rings is 1. The zero-order chi connectivity index (χ0) is 31.6. The number of carboxylic acids is 1. The molecule has 0 radical (unpaired) electrons. The van der Waals surface area contributed by atoms with Gasteiger partial charge in [0.1, 0.15) is 17.4 Å². The summed E-state index contributed by atoms with van der Waals surface area (Å²) in [6.07, 6.45) is 5.26. The fraction of sp³-hybridized carbons (Fsp3) is 0.618. The second kappa shape index (κ2) is 13.0. The third-order valence-corrected chi connectivity index (χ3v) is 8.63. The van der Waals surface area contributed by atoms with Gasteiger partial charge in [0.15, 0.2) is 11.8 Å². The van der Waals surface area contributed by atoms with Gasteiger partial charge in [-0.25, -0.2) is 14.2 Å². The summed E-state index contributed by atoms with van der Waals surface area (Å²) in [5.41, 5.74) is 2.68. The predicted octanol–water partition coefficient (Wildman–Crippen LogP) is 6.62. The van der Waals surface area contributed by atoms with E-state index in [-0.39, 0.29) is 17.5 Å². The fourth-order valence-corrected chi connectivity index (χ4v) is 6.25. The van der Waals surface area contributed by atoms with E-state index in [4.69, 9.17) is 24.3 Å². The normalized spacial score (nSPS) is 22.9. The SMILES string of the molecule is Cc1nc2cc3nn2c(c1[C@H](OC(C)(C)C)C(=O)O)N1CCC(C)(CC1)OCCCC[C@H](C)Oc1cc(F)ccc1CCC3. The average molecular weight is 611 g/mol. The topological polar surface area (TPSA) is 98.4 Å². The number of ether oxygens (including phenoxy) is 3. The van der Waals surface area contributed by atoms with E-state index >= 15 is 0 Å². The lowest BCUT2D eigenvalue weighted by atomic mass is 9.92. The first-order chi connectivity index (χ1) is 20.8. The molecule has 10 heteroatoms. The second-order valence-electron chi connectivity index (χ2n) is 13.6. The Morgan fingerprint density at radius 1 is 1.16 bits per heavy atom. The quantitative estimate of drug-likeness (QED) is 0.353. The number of aliphatic carboxylic acids is 1. The van der Waals surface area contributed by atoms with E-state index < -0.39 is 17.7 Å². The molecule has 3 aromatic rings. The van der Waals surface area contributed by atoms with Gasteiger partial charge in [-0.05, 0) is 105 Å². The van der Waals surface area contributed by atoms with Crippen molar-refractivity contribution in [3.63, 3.8) is 0 Å². The van der Waals surface area contributed by atoms with Crippen molar-refractivity contribution < 1.29 is 28.5 Å². The monoisotopic (exact) mass is 610 g/mol. The highest BCUT2D eigenvalue weighted by Gasteiger charge is 2.37. The Hall–Kier alpha value is -3.24. The summed E-state index contributed by atoms with van der Waals surface area (Å²) in [6.45, 7) is 13.7. The van der Waals surface area contributed by atoms with E-state index in [0.29, 0.717) is 55.2 Å². The van der Waals surface area contributed by atoms with Crippen LogP contribution in [0.3, 0.4) is 0 Å². The largest absolute Gasteiger partial charge is 0.490 e. The van der Waals surface area contributed by atoms with E-state index in [1.807, 2.05) is 46.8 Å². The number of rotatable bonds is 3. The molecular weight excluding hydrogens is 563 g/mol. The molecule has 0 amide bonds. The maximum absolute atomic E-state index is 14.2. The third kappa shape index (κ3) is 7.51. The van der Waals surface area contributed by atoms with E-state index in [2.05, 4.69) is 11.8 Å². The third-order valence-electron chi connectivity index (χ3n) is 8.63. The van der Waals surface area contributed by atoms with Crippen LogP contribution in [0.5, 0.6) is 5.75 Å². The molecule has 5 heterocycles. The zero-order valence-corrected chi connectivity index (χ0v) is 27.0. The van der Waals surface area contributed by atoms with Gasteiger partial charge in [-0.1, -0.05) is 6.07 Å². The minimum absolute atomic E-state index is 0.0303. The number of hydrogen-bond acceptors (Lipinski definition) is 7. The highest BCUT2D eigenvalue weighted by atomic mass is 19.1. The van der Waals surface area contributed by atoms with Crippen LogP contribution in [0.25, 0.3) is 5.65 Å². The molecule has 4 bridgehead atoms. The molecule has 1 aromatic carbocycles. The number of hydrogen-bond donors (Lipinski definition) is 1. The lowest BCUT2D eigenvalue weighted by Gasteiger charge is -2.41. The van der Waals surface area contributed by atoms with Gasteiger partial charge >= 0.3 is 5.97 Å². The lowest BCUT2D eigenvalue weighted by molar-refractivity contribution is -0.160. The van der Waals surface area contributed by atoms with Gasteiger partial charge in [0, 0.05) is 37.5 Å². The predicted molar refractivity (Wildman–Crippen MR) is 167 cm³/mol. The number of halogens is 1. The van der Waals surface area contributed by atoms with Gasteiger partial charge in [0.2, 0.25) is 0 Å². The Kier molecular flexibility index (Phi) is 9.51. The fourth-order valence-electron chi connectivity index (χ4n) is 6.25. The van der Waals surface area contributed by atoms with Gasteiger partial charge in [-0.15, -0.1) is 0 Å². The van der Waals surface area contributed by atoms with Gasteiger partial charge in [-0.3, -0.25) is 0 Å². The maximum atomic E-state index is 14.2. The van der Waals surface area contributed by atoms with E-state index in [1.165, 1.54) is 12.1 Å². The minimum Gasteiger partial charge on any atom is -0.490 e.